The van der Waals surface area contributed by atoms with Gasteiger partial charge in [-0.1, -0.05) is 0 Å². The maximum absolute atomic E-state index is 13.5. The molecule has 2 heterocycles. The highest BCUT2D eigenvalue weighted by Crippen LogP contribution is 2.34. The molecule has 0 aliphatic rings. The lowest BCUT2D eigenvalue weighted by Gasteiger charge is -2.16. The van der Waals surface area contributed by atoms with Crippen molar-refractivity contribution in [2.45, 2.75) is 19.9 Å². The molecule has 4 aromatic rings. The van der Waals surface area contributed by atoms with E-state index in [0.29, 0.717) is 22.1 Å². The summed E-state index contributed by atoms with van der Waals surface area (Å²) in [6.45, 7) is 1.90. The molecule has 0 N–H and O–H groups in total. The predicted octanol–water partition coefficient (Wildman–Crippen LogP) is 3.51. The predicted molar refractivity (Wildman–Crippen MR) is 158 cm³/mol. The van der Waals surface area contributed by atoms with E-state index in [4.69, 9.17) is 9.15 Å². The number of rotatable bonds is 11. The highest BCUT2D eigenvalue weighted by atomic mass is 32.2. The highest BCUT2D eigenvalue weighted by Gasteiger charge is 2.26. The van der Waals surface area contributed by atoms with E-state index in [2.05, 4.69) is 0 Å². The Morgan fingerprint density at radius 2 is 1.70 bits per heavy atom. The molecule has 4 rings (SSSR count). The van der Waals surface area contributed by atoms with Crippen LogP contribution in [0.1, 0.15) is 30.0 Å². The van der Waals surface area contributed by atoms with Crippen molar-refractivity contribution in [3.8, 4) is 0 Å². The van der Waals surface area contributed by atoms with Crippen molar-refractivity contribution in [3.63, 3.8) is 0 Å². The molecule has 43 heavy (non-hydrogen) atoms. The number of nitro benzene ring substituents is 1. The molecule has 2 aromatic carbocycles. The lowest BCUT2D eigenvalue weighted by atomic mass is 9.90. The Bertz CT molecular complexity index is 1860. The maximum atomic E-state index is 13.5. The molecule has 0 atom stereocenters. The molecule has 0 saturated carbocycles. The molecule has 0 unspecified atom stereocenters. The number of ether oxygens (including phenoxy) is 1. The minimum atomic E-state index is -4.36. The summed E-state index contributed by atoms with van der Waals surface area (Å²) in [5.41, 5.74) is 1.14. The van der Waals surface area contributed by atoms with E-state index in [0.717, 1.165) is 5.69 Å². The van der Waals surface area contributed by atoms with Crippen LogP contribution in [0.5, 0.6) is 0 Å². The number of nitrogens with zero attached hydrogens (tertiary/aromatic N) is 3. The van der Waals surface area contributed by atoms with Gasteiger partial charge in [0, 0.05) is 78.8 Å². The van der Waals surface area contributed by atoms with Crippen LogP contribution < -0.4 is 15.1 Å². The average Bonchev–Trinajstić information content (AvgIpc) is 2.95. The molecule has 0 saturated heterocycles. The van der Waals surface area contributed by atoms with E-state index in [1.54, 1.807) is 54.2 Å². The SMILES string of the molecule is CCOC(=O)/C(=C(/c1ccc([N+](=O)[O-])cc1)c1cc2ccc(N(C)C)cc2oc1=O)c1cc[n+](CCCS(=O)(=O)[O-])cc1. The Hall–Kier alpha value is -4.88. The first-order valence-electron chi connectivity index (χ1n) is 13.2. The summed E-state index contributed by atoms with van der Waals surface area (Å²) >= 11 is 0. The van der Waals surface area contributed by atoms with Crippen molar-refractivity contribution in [2.24, 2.45) is 0 Å². The van der Waals surface area contributed by atoms with Crippen LogP contribution in [-0.4, -0.2) is 50.3 Å². The van der Waals surface area contributed by atoms with Crippen LogP contribution in [0, 0.1) is 10.1 Å². The molecule has 0 spiro atoms. The van der Waals surface area contributed by atoms with Crippen molar-refractivity contribution in [1.82, 2.24) is 0 Å². The van der Waals surface area contributed by atoms with Crippen LogP contribution in [-0.2, 0) is 26.2 Å². The van der Waals surface area contributed by atoms with Crippen molar-refractivity contribution >= 4 is 49.6 Å². The summed E-state index contributed by atoms with van der Waals surface area (Å²) in [5.74, 6) is -1.26. The summed E-state index contributed by atoms with van der Waals surface area (Å²) in [4.78, 5) is 39.7. The Labute approximate surface area is 247 Å². The highest BCUT2D eigenvalue weighted by molar-refractivity contribution is 7.85. The number of hydrogen-bond acceptors (Lipinski definition) is 10. The monoisotopic (exact) mass is 607 g/mol. The Balaban J connectivity index is 1.96. The Morgan fingerprint density at radius 3 is 2.28 bits per heavy atom. The van der Waals surface area contributed by atoms with Crippen LogP contribution in [0.4, 0.5) is 11.4 Å². The zero-order chi connectivity index (χ0) is 31.3. The van der Waals surface area contributed by atoms with Gasteiger partial charge in [-0.3, -0.25) is 10.1 Å². The number of carbonyl (C=O) groups excluding carboxylic acids is 1. The third kappa shape index (κ3) is 7.50. The van der Waals surface area contributed by atoms with Crippen LogP contribution in [0.3, 0.4) is 0 Å². The summed E-state index contributed by atoms with van der Waals surface area (Å²) < 4.78 is 45.6. The number of nitro groups is 1. The molecule has 2 aromatic heterocycles. The summed E-state index contributed by atoms with van der Waals surface area (Å²) in [5, 5.41) is 11.9. The minimum absolute atomic E-state index is 0.0153. The molecule has 0 aliphatic heterocycles. The standard InChI is InChI=1S/C30H29N3O9S/c1-4-41-30(35)28(21-12-15-32(16-13-21)14-5-17-43(38,39)40)27(20-6-9-23(10-7-20)33(36)37)25-18-22-8-11-24(31(2)3)19-26(22)42-29(25)34/h6-13,15-16,18-19H,4-5,14,17H2,1-3H3. The van der Waals surface area contributed by atoms with Gasteiger partial charge in [0.15, 0.2) is 12.4 Å². The molecule has 12 nitrogen and oxygen atoms in total. The number of aryl methyl sites for hydroxylation is 1. The molecule has 0 aliphatic carbocycles. The van der Waals surface area contributed by atoms with E-state index >= 15 is 0 Å². The molecule has 13 heteroatoms. The first-order valence-corrected chi connectivity index (χ1v) is 14.8. The second-order valence-electron chi connectivity index (χ2n) is 9.78. The Kier molecular flexibility index (Phi) is 9.37. The number of aromatic nitrogens is 1. The maximum Gasteiger partial charge on any atom is 0.344 e. The number of hydrogen-bond donors (Lipinski definition) is 0. The lowest BCUT2D eigenvalue weighted by molar-refractivity contribution is -0.696. The van der Waals surface area contributed by atoms with Gasteiger partial charge in [0.05, 0.1) is 32.8 Å². The molecule has 0 bridgehead atoms. The molecular weight excluding hydrogens is 578 g/mol. The third-order valence-electron chi connectivity index (χ3n) is 6.59. The van der Waals surface area contributed by atoms with Crippen LogP contribution in [0.25, 0.3) is 22.1 Å². The number of carbonyl (C=O) groups is 1. The topological polar surface area (TPSA) is 164 Å². The second kappa shape index (κ2) is 13.0. The smallest absolute Gasteiger partial charge is 0.344 e. The number of benzene rings is 2. The quantitative estimate of drug-likeness (QED) is 0.0469. The first-order chi connectivity index (χ1) is 20.4. The van der Waals surface area contributed by atoms with Crippen molar-refractivity contribution < 1.29 is 36.4 Å². The van der Waals surface area contributed by atoms with Gasteiger partial charge in [-0.2, -0.15) is 0 Å². The van der Waals surface area contributed by atoms with Gasteiger partial charge >= 0.3 is 11.6 Å². The van der Waals surface area contributed by atoms with E-state index in [1.165, 1.54) is 24.3 Å². The zero-order valence-corrected chi connectivity index (χ0v) is 24.5. The zero-order valence-electron chi connectivity index (χ0n) is 23.7. The number of esters is 1. The second-order valence-corrected chi connectivity index (χ2v) is 11.3. The molecule has 0 amide bonds. The number of pyridine rings is 1. The number of fused-ring (bicyclic) bond motifs is 1. The van der Waals surface area contributed by atoms with E-state index in [1.807, 2.05) is 25.1 Å². The van der Waals surface area contributed by atoms with Crippen LogP contribution >= 0.6 is 0 Å². The van der Waals surface area contributed by atoms with Gasteiger partial charge in [0.1, 0.15) is 12.1 Å². The number of non-ortho nitro benzene ring substituents is 1. The largest absolute Gasteiger partial charge is 0.748 e. The van der Waals surface area contributed by atoms with Crippen molar-refractivity contribution in [1.29, 1.82) is 0 Å². The number of anilines is 1. The van der Waals surface area contributed by atoms with Crippen molar-refractivity contribution in [3.05, 3.63) is 110 Å². The van der Waals surface area contributed by atoms with Gasteiger partial charge < -0.3 is 18.6 Å². The van der Waals surface area contributed by atoms with Gasteiger partial charge in [0.25, 0.3) is 5.69 Å². The normalized spacial score (nSPS) is 12.1. The van der Waals surface area contributed by atoms with Crippen LogP contribution in [0.15, 0.2) is 82.3 Å². The summed E-state index contributed by atoms with van der Waals surface area (Å²) in [6.07, 6.45) is 3.30. The fourth-order valence-electron chi connectivity index (χ4n) is 4.50. The van der Waals surface area contributed by atoms with Crippen molar-refractivity contribution in [2.75, 3.05) is 31.4 Å². The molecule has 0 radical (unpaired) electrons. The third-order valence-corrected chi connectivity index (χ3v) is 7.38. The fraction of sp³-hybridized carbons (Fsp3) is 0.233. The van der Waals surface area contributed by atoms with Crippen LogP contribution in [0.2, 0.25) is 0 Å². The summed E-state index contributed by atoms with van der Waals surface area (Å²) in [7, 11) is -0.654. The van der Waals surface area contributed by atoms with Gasteiger partial charge in [-0.25, -0.2) is 22.6 Å². The van der Waals surface area contributed by atoms with E-state index in [-0.39, 0.29) is 42.0 Å². The Morgan fingerprint density at radius 1 is 1.02 bits per heavy atom. The molecule has 0 fully saturated rings. The minimum Gasteiger partial charge on any atom is -0.748 e. The summed E-state index contributed by atoms with van der Waals surface area (Å²) in [6, 6.07) is 15.6. The first kappa shape index (κ1) is 31.1. The van der Waals surface area contributed by atoms with Gasteiger partial charge in [0.2, 0.25) is 0 Å². The van der Waals surface area contributed by atoms with E-state index < -0.39 is 32.4 Å². The van der Waals surface area contributed by atoms with Gasteiger partial charge in [-0.15, -0.1) is 0 Å². The molecular formula is C30H29N3O9S. The molecule has 224 valence electrons. The van der Waals surface area contributed by atoms with E-state index in [9.17, 15) is 32.7 Å². The van der Waals surface area contributed by atoms with Gasteiger partial charge in [-0.05, 0) is 42.8 Å². The average molecular weight is 608 g/mol. The fourth-order valence-corrected chi connectivity index (χ4v) is 4.98. The lowest BCUT2D eigenvalue weighted by Crippen LogP contribution is -2.33.